The highest BCUT2D eigenvalue weighted by atomic mass is 28.3. The van der Waals surface area contributed by atoms with Crippen molar-refractivity contribution >= 4 is 93.0 Å². The molecule has 0 bridgehead atoms. The number of aryl methyl sites for hydroxylation is 2. The molecule has 0 saturated carbocycles. The third kappa shape index (κ3) is 6.88. The lowest BCUT2D eigenvalue weighted by Crippen LogP contribution is -2.37. The topological polar surface area (TPSA) is 6.48 Å². The molecule has 2 nitrogen and oxygen atoms in total. The molecule has 0 heterocycles. The average molecular weight is 815 g/mol. The standard InChI is InChI=1S/C56H58N2Si2/c1-59(2,3)43-33-29-41(30-34-43)57(53-27-15-19-39-17-7-9-21-45(39)53)55-37-51-48-24-12-14-26-50(48)56(38-52(51)47-23-11-13-25-49(47)55)58(42-31-35-44(36-32-42)60(4,5)6)54-28-16-20-40-18-8-10-22-46(40)54/h11-16,19-20,23-38H,7-10,17-18,21-22H2,1-6H3. The fourth-order valence-corrected chi connectivity index (χ4v) is 12.6. The molecule has 10 rings (SSSR count). The highest BCUT2D eigenvalue weighted by Gasteiger charge is 2.27. The molecule has 0 unspecified atom stereocenters. The summed E-state index contributed by atoms with van der Waals surface area (Å²) in [5, 5.41) is 10.7. The molecule has 4 heteroatoms. The molecule has 8 aromatic rings. The van der Waals surface area contributed by atoms with E-state index in [2.05, 4.69) is 195 Å². The van der Waals surface area contributed by atoms with Gasteiger partial charge in [0.1, 0.15) is 0 Å². The van der Waals surface area contributed by atoms with Crippen molar-refractivity contribution in [3.05, 3.63) is 168 Å². The van der Waals surface area contributed by atoms with Crippen molar-refractivity contribution < 1.29 is 0 Å². The fraction of sp³-hybridized carbons (Fsp3) is 0.250. The summed E-state index contributed by atoms with van der Waals surface area (Å²) in [6, 6.07) is 56.7. The number of nitrogens with zero attached hydrogens (tertiary/aromatic N) is 2. The van der Waals surface area contributed by atoms with Crippen LogP contribution in [0.3, 0.4) is 0 Å². The summed E-state index contributed by atoms with van der Waals surface area (Å²) in [4.78, 5) is 5.20. The van der Waals surface area contributed by atoms with Crippen LogP contribution >= 0.6 is 0 Å². The predicted molar refractivity (Wildman–Crippen MR) is 268 cm³/mol. The van der Waals surface area contributed by atoms with Crippen LogP contribution in [0.5, 0.6) is 0 Å². The monoisotopic (exact) mass is 814 g/mol. The number of fused-ring (bicyclic) bond motifs is 7. The summed E-state index contributed by atoms with van der Waals surface area (Å²) in [7, 11) is -2.98. The largest absolute Gasteiger partial charge is 0.310 e. The SMILES string of the molecule is C[Si](C)(C)c1ccc(N(c2cccc3c2CCCC3)c2cc3c4ccccc4c(N(c4ccc([Si](C)(C)C)cc4)c4cccc5c4CCCC5)cc3c3ccccc23)cc1. The summed E-state index contributed by atoms with van der Waals surface area (Å²) in [6.07, 6.45) is 9.54. The number of anilines is 6. The number of hydrogen-bond donors (Lipinski definition) is 0. The molecule has 2 aliphatic carbocycles. The van der Waals surface area contributed by atoms with E-state index in [9.17, 15) is 0 Å². The Hall–Kier alpha value is -5.43. The lowest BCUT2D eigenvalue weighted by Gasteiger charge is -2.33. The van der Waals surface area contributed by atoms with Gasteiger partial charge in [-0.2, -0.15) is 0 Å². The van der Waals surface area contributed by atoms with Crippen molar-refractivity contribution in [3.8, 4) is 0 Å². The van der Waals surface area contributed by atoms with E-state index in [4.69, 9.17) is 0 Å². The van der Waals surface area contributed by atoms with Crippen LogP contribution in [0.1, 0.15) is 47.9 Å². The minimum atomic E-state index is -1.49. The Kier molecular flexibility index (Phi) is 9.84. The zero-order valence-electron chi connectivity index (χ0n) is 36.4. The van der Waals surface area contributed by atoms with Gasteiger partial charge in [-0.05, 0) is 144 Å². The summed E-state index contributed by atoms with van der Waals surface area (Å²) < 4.78 is 0. The van der Waals surface area contributed by atoms with Crippen LogP contribution in [0, 0.1) is 0 Å². The van der Waals surface area contributed by atoms with Gasteiger partial charge in [0.15, 0.2) is 0 Å². The van der Waals surface area contributed by atoms with Gasteiger partial charge < -0.3 is 9.80 Å². The molecule has 8 aromatic carbocycles. The second-order valence-electron chi connectivity index (χ2n) is 19.5. The van der Waals surface area contributed by atoms with Gasteiger partial charge in [0.05, 0.1) is 27.5 Å². The van der Waals surface area contributed by atoms with Gasteiger partial charge in [0.2, 0.25) is 0 Å². The molecule has 0 aromatic heterocycles. The summed E-state index contributed by atoms with van der Waals surface area (Å²) in [5.74, 6) is 0. The van der Waals surface area contributed by atoms with Crippen LogP contribution in [-0.4, -0.2) is 16.1 Å². The molecular weight excluding hydrogens is 757 g/mol. The molecule has 0 saturated heterocycles. The van der Waals surface area contributed by atoms with Crippen molar-refractivity contribution in [2.75, 3.05) is 9.80 Å². The van der Waals surface area contributed by atoms with Gasteiger partial charge in [-0.25, -0.2) is 0 Å². The van der Waals surface area contributed by atoms with Gasteiger partial charge in [-0.1, -0.05) is 147 Å². The van der Waals surface area contributed by atoms with Gasteiger partial charge in [-0.3, -0.25) is 0 Å². The Morgan fingerprint density at radius 1 is 0.333 bits per heavy atom. The van der Waals surface area contributed by atoms with Crippen molar-refractivity contribution in [1.82, 2.24) is 0 Å². The second-order valence-corrected chi connectivity index (χ2v) is 29.6. The van der Waals surface area contributed by atoms with Crippen LogP contribution in [0.15, 0.2) is 146 Å². The molecular formula is C56H58N2Si2. The Balaban J connectivity index is 1.26. The lowest BCUT2D eigenvalue weighted by molar-refractivity contribution is 0.686. The van der Waals surface area contributed by atoms with Crippen molar-refractivity contribution in [2.24, 2.45) is 0 Å². The Morgan fingerprint density at radius 3 is 1.08 bits per heavy atom. The third-order valence-electron chi connectivity index (χ3n) is 13.5. The molecule has 0 amide bonds. The summed E-state index contributed by atoms with van der Waals surface area (Å²) in [6.45, 7) is 14.7. The van der Waals surface area contributed by atoms with Crippen molar-refractivity contribution in [3.63, 3.8) is 0 Å². The Morgan fingerprint density at radius 2 is 0.700 bits per heavy atom. The Bertz CT molecular complexity index is 2700. The van der Waals surface area contributed by atoms with Gasteiger partial charge >= 0.3 is 0 Å². The first-order valence-electron chi connectivity index (χ1n) is 22.4. The van der Waals surface area contributed by atoms with Crippen LogP contribution < -0.4 is 20.2 Å². The number of benzene rings is 8. The molecule has 0 fully saturated rings. The maximum atomic E-state index is 2.60. The molecule has 300 valence electrons. The van der Waals surface area contributed by atoms with E-state index in [0.717, 1.165) is 25.7 Å². The highest BCUT2D eigenvalue weighted by Crippen LogP contribution is 2.49. The first kappa shape index (κ1) is 38.8. The normalized spacial score (nSPS) is 14.3. The van der Waals surface area contributed by atoms with E-state index >= 15 is 0 Å². The molecule has 0 N–H and O–H groups in total. The second kappa shape index (κ2) is 15.2. The minimum absolute atomic E-state index is 1.12. The zero-order chi connectivity index (χ0) is 41.2. The maximum Gasteiger partial charge on any atom is 0.0775 e. The Labute approximate surface area is 359 Å². The van der Waals surface area contributed by atoms with E-state index in [1.165, 1.54) is 125 Å². The van der Waals surface area contributed by atoms with E-state index in [0.29, 0.717) is 0 Å². The van der Waals surface area contributed by atoms with Gasteiger partial charge in [0, 0.05) is 33.5 Å². The third-order valence-corrected chi connectivity index (χ3v) is 17.7. The fourth-order valence-electron chi connectivity index (χ4n) is 10.3. The van der Waals surface area contributed by atoms with Crippen LogP contribution in [-0.2, 0) is 25.7 Å². The molecule has 0 atom stereocenters. The molecule has 60 heavy (non-hydrogen) atoms. The zero-order valence-corrected chi connectivity index (χ0v) is 38.4. The lowest BCUT2D eigenvalue weighted by atomic mass is 9.88. The van der Waals surface area contributed by atoms with E-state index in [1.54, 1.807) is 0 Å². The van der Waals surface area contributed by atoms with Crippen LogP contribution in [0.2, 0.25) is 39.3 Å². The number of rotatable bonds is 8. The smallest absolute Gasteiger partial charge is 0.0775 e. The number of hydrogen-bond acceptors (Lipinski definition) is 2. The van der Waals surface area contributed by atoms with Crippen molar-refractivity contribution in [1.29, 1.82) is 0 Å². The summed E-state index contributed by atoms with van der Waals surface area (Å²) in [5.41, 5.74) is 13.6. The molecule has 2 aliphatic rings. The first-order valence-corrected chi connectivity index (χ1v) is 29.4. The average Bonchev–Trinajstić information content (AvgIpc) is 3.27. The minimum Gasteiger partial charge on any atom is -0.310 e. The maximum absolute atomic E-state index is 2.60. The van der Waals surface area contributed by atoms with Crippen LogP contribution in [0.4, 0.5) is 34.1 Å². The van der Waals surface area contributed by atoms with E-state index in [1.807, 2.05) is 0 Å². The first-order chi connectivity index (χ1) is 29.0. The molecule has 0 radical (unpaired) electrons. The highest BCUT2D eigenvalue weighted by molar-refractivity contribution is 6.89. The van der Waals surface area contributed by atoms with Gasteiger partial charge in [0.25, 0.3) is 0 Å². The summed E-state index contributed by atoms with van der Waals surface area (Å²) >= 11 is 0. The van der Waals surface area contributed by atoms with Gasteiger partial charge in [-0.15, -0.1) is 0 Å². The molecule has 0 aliphatic heterocycles. The van der Waals surface area contributed by atoms with Crippen LogP contribution in [0.25, 0.3) is 32.3 Å². The predicted octanol–water partition coefficient (Wildman–Crippen LogP) is 14.9. The van der Waals surface area contributed by atoms with E-state index < -0.39 is 16.1 Å². The van der Waals surface area contributed by atoms with E-state index in [-0.39, 0.29) is 0 Å². The van der Waals surface area contributed by atoms with Crippen molar-refractivity contribution in [2.45, 2.75) is 90.6 Å². The quantitative estimate of drug-likeness (QED) is 0.111. The molecule has 0 spiro atoms.